The second kappa shape index (κ2) is 6.35. The Hall–Kier alpha value is -1.42. The number of carbonyl (C=O) groups excluding carboxylic acids is 1. The van der Waals surface area contributed by atoms with E-state index in [1.54, 1.807) is 18.2 Å². The van der Waals surface area contributed by atoms with Gasteiger partial charge in [0.25, 0.3) is 0 Å². The van der Waals surface area contributed by atoms with Gasteiger partial charge in [-0.1, -0.05) is 25.1 Å². The summed E-state index contributed by atoms with van der Waals surface area (Å²) in [4.78, 5) is 12.6. The molecule has 0 saturated carbocycles. The second-order valence-electron chi connectivity index (χ2n) is 5.60. The van der Waals surface area contributed by atoms with Crippen LogP contribution < -0.4 is 10.6 Å². The van der Waals surface area contributed by atoms with Crippen LogP contribution in [0.4, 0.5) is 4.39 Å². The largest absolute Gasteiger partial charge is 0.349 e. The molecule has 1 fully saturated rings. The van der Waals surface area contributed by atoms with Gasteiger partial charge in [-0.05, 0) is 45.3 Å². The zero-order valence-electron chi connectivity index (χ0n) is 12.2. The highest BCUT2D eigenvalue weighted by atomic mass is 19.1. The lowest BCUT2D eigenvalue weighted by Gasteiger charge is -2.36. The number of carbonyl (C=O) groups is 1. The molecule has 0 bridgehead atoms. The Morgan fingerprint density at radius 2 is 2.05 bits per heavy atom. The van der Waals surface area contributed by atoms with Gasteiger partial charge in [0, 0.05) is 5.56 Å². The predicted molar refractivity (Wildman–Crippen MR) is 77.8 cm³/mol. The summed E-state index contributed by atoms with van der Waals surface area (Å²) in [6.45, 7) is 5.63. The van der Waals surface area contributed by atoms with Gasteiger partial charge in [0.15, 0.2) is 0 Å². The summed E-state index contributed by atoms with van der Waals surface area (Å²) in [5.41, 5.74) is 0.242. The van der Waals surface area contributed by atoms with Gasteiger partial charge in [0.05, 0.1) is 11.5 Å². The third-order valence-electron chi connectivity index (χ3n) is 4.44. The molecule has 1 aromatic rings. The zero-order valence-corrected chi connectivity index (χ0v) is 12.2. The maximum atomic E-state index is 13.7. The number of hydrogen-bond donors (Lipinski definition) is 2. The molecule has 0 unspecified atom stereocenters. The van der Waals surface area contributed by atoms with Crippen molar-refractivity contribution in [3.63, 3.8) is 0 Å². The summed E-state index contributed by atoms with van der Waals surface area (Å²) < 4.78 is 13.7. The molecule has 0 spiro atoms. The van der Waals surface area contributed by atoms with E-state index in [1.807, 2.05) is 6.92 Å². The molecule has 2 N–H and O–H groups in total. The average molecular weight is 278 g/mol. The molecule has 0 radical (unpaired) electrons. The first-order valence-corrected chi connectivity index (χ1v) is 7.35. The molecule has 20 heavy (non-hydrogen) atoms. The molecule has 4 heteroatoms. The van der Waals surface area contributed by atoms with Crippen LogP contribution in [0.1, 0.15) is 44.7 Å². The number of nitrogens with one attached hydrogen (secondary N) is 2. The molecule has 1 aliphatic rings. The van der Waals surface area contributed by atoms with Gasteiger partial charge < -0.3 is 10.6 Å². The van der Waals surface area contributed by atoms with E-state index in [0.717, 1.165) is 32.4 Å². The van der Waals surface area contributed by atoms with E-state index in [9.17, 15) is 9.18 Å². The van der Waals surface area contributed by atoms with Crippen LogP contribution in [0.15, 0.2) is 24.3 Å². The van der Waals surface area contributed by atoms with Gasteiger partial charge >= 0.3 is 0 Å². The molecule has 1 aromatic carbocycles. The minimum atomic E-state index is -0.304. The van der Waals surface area contributed by atoms with E-state index in [4.69, 9.17) is 0 Å². The highest BCUT2D eigenvalue weighted by Gasteiger charge is 2.38. The summed E-state index contributed by atoms with van der Waals surface area (Å²) >= 11 is 0. The Kier molecular flexibility index (Phi) is 4.76. The number of benzene rings is 1. The van der Waals surface area contributed by atoms with E-state index in [-0.39, 0.29) is 23.2 Å². The second-order valence-corrected chi connectivity index (χ2v) is 5.60. The maximum absolute atomic E-state index is 13.7. The Morgan fingerprint density at radius 1 is 1.40 bits per heavy atom. The molecule has 3 nitrogen and oxygen atoms in total. The summed E-state index contributed by atoms with van der Waals surface area (Å²) in [6, 6.07) is 6.30. The van der Waals surface area contributed by atoms with Crippen molar-refractivity contribution in [1.29, 1.82) is 0 Å². The van der Waals surface area contributed by atoms with Crippen LogP contribution in [-0.4, -0.2) is 19.0 Å². The van der Waals surface area contributed by atoms with Crippen LogP contribution in [0, 0.1) is 11.2 Å². The summed E-state index contributed by atoms with van der Waals surface area (Å²) in [5.74, 6) is -0.214. The van der Waals surface area contributed by atoms with E-state index in [2.05, 4.69) is 17.6 Å². The third kappa shape index (κ3) is 3.01. The quantitative estimate of drug-likeness (QED) is 0.889. The fourth-order valence-electron chi connectivity index (χ4n) is 2.90. The lowest BCUT2D eigenvalue weighted by atomic mass is 9.75. The van der Waals surface area contributed by atoms with Crippen molar-refractivity contribution in [2.45, 2.75) is 39.2 Å². The SMILES string of the molecule is CCC1(C(=O)N[C@H](C)c2ccccc2F)CCNCC1. The third-order valence-corrected chi connectivity index (χ3v) is 4.44. The van der Waals surface area contributed by atoms with Crippen LogP contribution in [0.25, 0.3) is 0 Å². The molecule has 2 rings (SSSR count). The molecule has 1 amide bonds. The first-order valence-electron chi connectivity index (χ1n) is 7.35. The van der Waals surface area contributed by atoms with Gasteiger partial charge in [0.2, 0.25) is 5.91 Å². The highest BCUT2D eigenvalue weighted by molar-refractivity contribution is 5.83. The molecule has 0 aliphatic carbocycles. The van der Waals surface area contributed by atoms with Crippen molar-refractivity contribution in [2.24, 2.45) is 5.41 Å². The van der Waals surface area contributed by atoms with E-state index >= 15 is 0 Å². The molecule has 1 atom stereocenters. The first-order chi connectivity index (χ1) is 9.59. The van der Waals surface area contributed by atoms with Gasteiger partial charge in [0.1, 0.15) is 5.82 Å². The Balaban J connectivity index is 2.08. The Bertz CT molecular complexity index is 469. The minimum absolute atomic E-state index is 0.0530. The summed E-state index contributed by atoms with van der Waals surface area (Å²) in [7, 11) is 0. The topological polar surface area (TPSA) is 41.1 Å². The maximum Gasteiger partial charge on any atom is 0.226 e. The molecule has 1 heterocycles. The van der Waals surface area contributed by atoms with Crippen molar-refractivity contribution in [3.8, 4) is 0 Å². The van der Waals surface area contributed by atoms with Crippen molar-refractivity contribution >= 4 is 5.91 Å². The number of amides is 1. The average Bonchev–Trinajstić information content (AvgIpc) is 2.48. The van der Waals surface area contributed by atoms with Crippen LogP contribution >= 0.6 is 0 Å². The Labute approximate surface area is 120 Å². The molecule has 0 aromatic heterocycles. The van der Waals surface area contributed by atoms with Crippen molar-refractivity contribution in [2.75, 3.05) is 13.1 Å². The lowest BCUT2D eigenvalue weighted by Crippen LogP contribution is -2.47. The van der Waals surface area contributed by atoms with Crippen LogP contribution in [0.5, 0.6) is 0 Å². The smallest absolute Gasteiger partial charge is 0.226 e. The van der Waals surface area contributed by atoms with Crippen LogP contribution in [-0.2, 0) is 4.79 Å². The normalized spacial score (nSPS) is 19.4. The standard InChI is InChI=1S/C16H23FN2O/c1-3-16(8-10-18-11-9-16)15(20)19-12(2)13-6-4-5-7-14(13)17/h4-7,12,18H,3,8-11H2,1-2H3,(H,19,20)/t12-/m1/s1. The Morgan fingerprint density at radius 3 is 2.65 bits per heavy atom. The van der Waals surface area contributed by atoms with Crippen molar-refractivity contribution in [1.82, 2.24) is 10.6 Å². The van der Waals surface area contributed by atoms with Gasteiger partial charge in [-0.3, -0.25) is 4.79 Å². The highest BCUT2D eigenvalue weighted by Crippen LogP contribution is 2.33. The number of rotatable bonds is 4. The lowest BCUT2D eigenvalue weighted by molar-refractivity contribution is -0.133. The van der Waals surface area contributed by atoms with E-state index < -0.39 is 0 Å². The zero-order chi connectivity index (χ0) is 14.6. The van der Waals surface area contributed by atoms with Gasteiger partial charge in [-0.15, -0.1) is 0 Å². The first kappa shape index (κ1) is 15.0. The molecular weight excluding hydrogens is 255 g/mol. The van der Waals surface area contributed by atoms with Gasteiger partial charge in [-0.2, -0.15) is 0 Å². The summed E-state index contributed by atoms with van der Waals surface area (Å²) in [5, 5.41) is 6.27. The fraction of sp³-hybridized carbons (Fsp3) is 0.562. The number of piperidine rings is 1. The molecule has 110 valence electrons. The van der Waals surface area contributed by atoms with Crippen molar-refractivity contribution < 1.29 is 9.18 Å². The monoisotopic (exact) mass is 278 g/mol. The number of hydrogen-bond acceptors (Lipinski definition) is 2. The molecule has 1 aliphatic heterocycles. The van der Waals surface area contributed by atoms with Crippen molar-refractivity contribution in [3.05, 3.63) is 35.6 Å². The minimum Gasteiger partial charge on any atom is -0.349 e. The van der Waals surface area contributed by atoms with E-state index in [0.29, 0.717) is 5.56 Å². The number of halogens is 1. The summed E-state index contributed by atoms with van der Waals surface area (Å²) in [6.07, 6.45) is 2.52. The van der Waals surface area contributed by atoms with E-state index in [1.165, 1.54) is 6.07 Å². The van der Waals surface area contributed by atoms with Crippen LogP contribution in [0.3, 0.4) is 0 Å². The van der Waals surface area contributed by atoms with Crippen LogP contribution in [0.2, 0.25) is 0 Å². The predicted octanol–water partition coefficient (Wildman–Crippen LogP) is 2.78. The molecular formula is C16H23FN2O. The fourth-order valence-corrected chi connectivity index (χ4v) is 2.90. The molecule has 1 saturated heterocycles. The van der Waals surface area contributed by atoms with Gasteiger partial charge in [-0.25, -0.2) is 4.39 Å².